The van der Waals surface area contributed by atoms with Gasteiger partial charge in [-0.1, -0.05) is 25.3 Å². The predicted molar refractivity (Wildman–Crippen MR) is 158 cm³/mol. The van der Waals surface area contributed by atoms with E-state index in [0.717, 1.165) is 56.5 Å². The van der Waals surface area contributed by atoms with E-state index in [1.165, 1.54) is 18.4 Å². The van der Waals surface area contributed by atoms with E-state index in [0.29, 0.717) is 44.1 Å². The second-order valence-corrected chi connectivity index (χ2v) is 12.8. The molecule has 0 bridgehead atoms. The average molecular weight is 613 g/mol. The maximum Gasteiger partial charge on any atom is 0.306 e. The summed E-state index contributed by atoms with van der Waals surface area (Å²) in [5, 5.41) is 0. The number of benzene rings is 1. The third-order valence-electron chi connectivity index (χ3n) is 8.16. The minimum Gasteiger partial charge on any atom is -0.493 e. The van der Waals surface area contributed by atoms with Crippen molar-refractivity contribution in [3.05, 3.63) is 23.8 Å². The molecule has 2 aliphatic rings. The Kier molecular flexibility index (Phi) is 13.8. The van der Waals surface area contributed by atoms with Crippen molar-refractivity contribution in [2.24, 2.45) is 0 Å². The molecule has 1 amide bonds. The summed E-state index contributed by atoms with van der Waals surface area (Å²) >= 11 is 0. The van der Waals surface area contributed by atoms with E-state index in [4.69, 9.17) is 23.5 Å². The van der Waals surface area contributed by atoms with Crippen molar-refractivity contribution in [3.63, 3.8) is 0 Å². The van der Waals surface area contributed by atoms with Crippen molar-refractivity contribution in [2.45, 2.75) is 88.9 Å². The summed E-state index contributed by atoms with van der Waals surface area (Å²) in [4.78, 5) is 28.3. The van der Waals surface area contributed by atoms with Crippen LogP contribution in [0.25, 0.3) is 0 Å². The Morgan fingerprint density at radius 3 is 2.50 bits per heavy atom. The van der Waals surface area contributed by atoms with Crippen LogP contribution in [0.4, 0.5) is 0 Å². The summed E-state index contributed by atoms with van der Waals surface area (Å²) in [6.07, 6.45) is 8.68. The molecule has 1 aliphatic carbocycles. The lowest BCUT2D eigenvalue weighted by atomic mass is 9.91. The number of ether oxygens (including phenoxy) is 4. The highest BCUT2D eigenvalue weighted by Crippen LogP contribution is 2.30. The van der Waals surface area contributed by atoms with Crippen LogP contribution in [0.5, 0.6) is 11.5 Å². The lowest BCUT2D eigenvalue weighted by molar-refractivity contribution is -0.148. The Balaban J connectivity index is 1.33. The van der Waals surface area contributed by atoms with E-state index in [9.17, 15) is 18.0 Å². The van der Waals surface area contributed by atoms with E-state index in [2.05, 4.69) is 4.90 Å². The predicted octanol–water partition coefficient (Wildman–Crippen LogP) is 3.49. The van der Waals surface area contributed by atoms with Crippen LogP contribution in [-0.4, -0.2) is 106 Å². The Morgan fingerprint density at radius 2 is 1.76 bits per heavy atom. The summed E-state index contributed by atoms with van der Waals surface area (Å²) < 4.78 is 53.4. The van der Waals surface area contributed by atoms with Gasteiger partial charge in [0.15, 0.2) is 11.5 Å². The molecule has 3 atom stereocenters. The van der Waals surface area contributed by atoms with Gasteiger partial charge in [-0.15, -0.1) is 0 Å². The number of esters is 1. The van der Waals surface area contributed by atoms with Gasteiger partial charge in [-0.2, -0.15) is 8.42 Å². The van der Waals surface area contributed by atoms with Crippen LogP contribution < -0.4 is 9.47 Å². The van der Waals surface area contributed by atoms with Gasteiger partial charge in [0, 0.05) is 45.6 Å². The maximum atomic E-state index is 12.5. The third kappa shape index (κ3) is 11.3. The Bertz CT molecular complexity index is 1110. The molecule has 2 fully saturated rings. The fourth-order valence-corrected chi connectivity index (χ4v) is 6.24. The zero-order valence-electron chi connectivity index (χ0n) is 25.3. The molecule has 0 aromatic heterocycles. The summed E-state index contributed by atoms with van der Waals surface area (Å²) in [5.41, 5.74) is 1.14. The second kappa shape index (κ2) is 17.0. The van der Waals surface area contributed by atoms with Crippen molar-refractivity contribution in [2.75, 3.05) is 53.3 Å². The molecule has 12 heteroatoms. The molecule has 1 aliphatic heterocycles. The maximum absolute atomic E-state index is 12.5. The molecule has 1 saturated heterocycles. The third-order valence-corrected chi connectivity index (χ3v) is 8.86. The van der Waals surface area contributed by atoms with Gasteiger partial charge >= 0.3 is 5.97 Å². The number of methoxy groups -OCH3 is 2. The Morgan fingerprint density at radius 1 is 1.02 bits per heavy atom. The monoisotopic (exact) mass is 612 g/mol. The van der Waals surface area contributed by atoms with Crippen molar-refractivity contribution >= 4 is 22.0 Å². The van der Waals surface area contributed by atoms with Crippen molar-refractivity contribution in [1.82, 2.24) is 9.80 Å². The van der Waals surface area contributed by atoms with Crippen LogP contribution in [0.15, 0.2) is 18.2 Å². The number of hydrogen-bond acceptors (Lipinski definition) is 9. The van der Waals surface area contributed by atoms with Crippen LogP contribution in [-0.2, 0) is 35.6 Å². The standard InChI is InChI=1S/C30H48N2O9S/c1-31(18-20-42(35,36)37)29(33)11-5-4-6-12-30(34)41-24-15-17-32(22-24)25-9-7-8-10-26(25)40-19-16-23-13-14-27(38-2)28(21-23)39-3/h13-14,21,24-26H,4-12,15-20,22H2,1-3H3,(H,35,36,37)/t24?,25-,26+/m1/s1. The molecule has 1 heterocycles. The average Bonchev–Trinajstić information content (AvgIpc) is 3.43. The molecule has 238 valence electrons. The van der Waals surface area contributed by atoms with Crippen molar-refractivity contribution in [1.29, 1.82) is 0 Å². The minimum atomic E-state index is -4.09. The number of amides is 1. The molecule has 3 rings (SSSR count). The molecular formula is C30H48N2O9S. The number of hydrogen-bond donors (Lipinski definition) is 1. The lowest BCUT2D eigenvalue weighted by Crippen LogP contribution is -2.46. The summed E-state index contributed by atoms with van der Waals surface area (Å²) in [5.74, 6) is 0.572. The number of carbonyl (C=O) groups excluding carboxylic acids is 2. The van der Waals surface area contributed by atoms with Crippen LogP contribution in [0.3, 0.4) is 0 Å². The van der Waals surface area contributed by atoms with Gasteiger partial charge < -0.3 is 23.8 Å². The van der Waals surface area contributed by atoms with E-state index in [1.54, 1.807) is 14.2 Å². The quantitative estimate of drug-likeness (QED) is 0.158. The van der Waals surface area contributed by atoms with E-state index in [-0.39, 0.29) is 37.0 Å². The van der Waals surface area contributed by atoms with E-state index in [1.807, 2.05) is 18.2 Å². The first kappa shape index (κ1) is 34.1. The zero-order chi connectivity index (χ0) is 30.5. The molecule has 0 radical (unpaired) electrons. The van der Waals surface area contributed by atoms with E-state index >= 15 is 0 Å². The first-order valence-corrected chi connectivity index (χ1v) is 16.7. The van der Waals surface area contributed by atoms with Crippen LogP contribution >= 0.6 is 0 Å². The fourth-order valence-electron chi connectivity index (χ4n) is 5.74. The molecule has 1 unspecified atom stereocenters. The highest BCUT2D eigenvalue weighted by atomic mass is 32.2. The van der Waals surface area contributed by atoms with Crippen LogP contribution in [0.2, 0.25) is 0 Å². The van der Waals surface area contributed by atoms with E-state index < -0.39 is 15.9 Å². The number of rotatable bonds is 17. The molecule has 1 saturated carbocycles. The largest absolute Gasteiger partial charge is 0.493 e. The van der Waals surface area contributed by atoms with Gasteiger partial charge in [0.05, 0.1) is 32.7 Å². The normalized spacial score (nSPS) is 21.2. The number of unbranched alkanes of at least 4 members (excludes halogenated alkanes) is 2. The molecule has 11 nitrogen and oxygen atoms in total. The topological polar surface area (TPSA) is 132 Å². The van der Waals surface area contributed by atoms with Gasteiger partial charge in [0.25, 0.3) is 10.1 Å². The SMILES string of the molecule is COc1ccc(CCO[C@H]2CCCC[C@H]2N2CCC(OC(=O)CCCCCC(=O)N(C)CCS(=O)(=O)O)C2)cc1OC. The van der Waals surface area contributed by atoms with Gasteiger partial charge in [-0.3, -0.25) is 19.0 Å². The minimum absolute atomic E-state index is 0.0462. The van der Waals surface area contributed by atoms with Gasteiger partial charge in [0.1, 0.15) is 6.10 Å². The second-order valence-electron chi connectivity index (χ2n) is 11.3. The van der Waals surface area contributed by atoms with Gasteiger partial charge in [-0.25, -0.2) is 0 Å². The smallest absolute Gasteiger partial charge is 0.306 e. The molecule has 1 N–H and O–H groups in total. The van der Waals surface area contributed by atoms with Gasteiger partial charge in [-0.05, 0) is 56.2 Å². The number of nitrogens with zero attached hydrogens (tertiary/aromatic N) is 2. The van der Waals surface area contributed by atoms with Crippen molar-refractivity contribution in [3.8, 4) is 11.5 Å². The molecule has 1 aromatic rings. The summed E-state index contributed by atoms with van der Waals surface area (Å²) in [6.45, 7) is 2.21. The Labute approximate surface area is 250 Å². The molecule has 1 aromatic carbocycles. The first-order chi connectivity index (χ1) is 20.1. The molecule has 42 heavy (non-hydrogen) atoms. The summed E-state index contributed by atoms with van der Waals surface area (Å²) in [7, 11) is 0.685. The Hall–Kier alpha value is -2.41. The first-order valence-electron chi connectivity index (χ1n) is 15.0. The highest BCUT2D eigenvalue weighted by molar-refractivity contribution is 7.85. The fraction of sp³-hybridized carbons (Fsp3) is 0.733. The molecule has 0 spiro atoms. The highest BCUT2D eigenvalue weighted by Gasteiger charge is 2.36. The van der Waals surface area contributed by atoms with Gasteiger partial charge in [0.2, 0.25) is 5.91 Å². The molecular weight excluding hydrogens is 564 g/mol. The lowest BCUT2D eigenvalue weighted by Gasteiger charge is -2.37. The van der Waals surface area contributed by atoms with Crippen LogP contribution in [0.1, 0.15) is 69.8 Å². The number of carbonyl (C=O) groups is 2. The van der Waals surface area contributed by atoms with Crippen molar-refractivity contribution < 1.29 is 41.5 Å². The van der Waals surface area contributed by atoms with Crippen LogP contribution in [0, 0.1) is 0 Å². The number of likely N-dealkylation sites (tertiary alicyclic amines) is 1. The summed E-state index contributed by atoms with van der Waals surface area (Å²) in [6, 6.07) is 6.29. The zero-order valence-corrected chi connectivity index (χ0v) is 26.1.